The standard InChI is InChI=1S/C16H17F6NO2S/c17-14(18)16(21,22)15(19,20)13(23-6-8-25-9-7-23)11-26(24)10-12-4-2-1-3-5-12/h1-5,11,14H,6-10H2/b13-11-. The summed E-state index contributed by atoms with van der Waals surface area (Å²) in [6.45, 7) is -0.440. The van der Waals surface area contributed by atoms with Crippen molar-refractivity contribution in [3.05, 3.63) is 47.0 Å². The van der Waals surface area contributed by atoms with E-state index in [1.54, 1.807) is 30.3 Å². The van der Waals surface area contributed by atoms with E-state index in [0.717, 1.165) is 4.90 Å². The van der Waals surface area contributed by atoms with Crippen LogP contribution in [-0.4, -0.2) is 53.7 Å². The van der Waals surface area contributed by atoms with Gasteiger partial charge in [-0.05, 0) is 5.56 Å². The zero-order chi connectivity index (χ0) is 19.4. The molecule has 3 nitrogen and oxygen atoms in total. The molecule has 0 radical (unpaired) electrons. The summed E-state index contributed by atoms with van der Waals surface area (Å²) in [5.74, 6) is -11.0. The zero-order valence-corrected chi connectivity index (χ0v) is 14.3. The van der Waals surface area contributed by atoms with Crippen LogP contribution >= 0.6 is 0 Å². The van der Waals surface area contributed by atoms with Crippen LogP contribution in [0.3, 0.4) is 0 Å². The second kappa shape index (κ2) is 8.43. The number of alkyl halides is 6. The second-order valence-corrected chi connectivity index (χ2v) is 6.90. The molecule has 1 saturated heterocycles. The van der Waals surface area contributed by atoms with Gasteiger partial charge in [-0.25, -0.2) is 8.78 Å². The van der Waals surface area contributed by atoms with Crippen molar-refractivity contribution >= 4 is 10.8 Å². The molecule has 1 aromatic carbocycles. The van der Waals surface area contributed by atoms with Crippen molar-refractivity contribution in [2.24, 2.45) is 0 Å². The van der Waals surface area contributed by atoms with Gasteiger partial charge in [-0.2, -0.15) is 17.6 Å². The first-order valence-electron chi connectivity index (χ1n) is 7.66. The maximum atomic E-state index is 14.3. The van der Waals surface area contributed by atoms with E-state index in [1.807, 2.05) is 0 Å². The highest BCUT2D eigenvalue weighted by Gasteiger charge is 2.66. The van der Waals surface area contributed by atoms with Gasteiger partial charge in [-0.15, -0.1) is 0 Å². The van der Waals surface area contributed by atoms with Crippen LogP contribution in [0.2, 0.25) is 0 Å². The number of ether oxygens (including phenoxy) is 1. The van der Waals surface area contributed by atoms with Crippen LogP contribution in [0, 0.1) is 0 Å². The Morgan fingerprint density at radius 1 is 1.15 bits per heavy atom. The number of nitrogens with zero attached hydrogens (tertiary/aromatic N) is 1. The van der Waals surface area contributed by atoms with E-state index in [4.69, 9.17) is 4.74 Å². The Morgan fingerprint density at radius 3 is 2.27 bits per heavy atom. The Morgan fingerprint density at radius 2 is 1.73 bits per heavy atom. The first kappa shape index (κ1) is 20.8. The molecule has 1 fully saturated rings. The highest BCUT2D eigenvalue weighted by molar-refractivity contribution is 7.87. The Kier molecular flexibility index (Phi) is 6.73. The number of rotatable bonds is 7. The van der Waals surface area contributed by atoms with E-state index in [2.05, 4.69) is 0 Å². The average Bonchev–Trinajstić information content (AvgIpc) is 2.61. The lowest BCUT2D eigenvalue weighted by molar-refractivity contribution is -0.253. The Labute approximate surface area is 149 Å². The molecule has 10 heteroatoms. The largest absolute Gasteiger partial charge is 0.378 e. The molecule has 2 rings (SSSR count). The summed E-state index contributed by atoms with van der Waals surface area (Å²) >= 11 is 0. The molecule has 1 aliphatic rings. The SMILES string of the molecule is O=S(/C=C(\N1CCOCC1)C(F)(F)C(F)(F)C(F)F)Cc1ccccc1. The van der Waals surface area contributed by atoms with Crippen molar-refractivity contribution < 1.29 is 35.3 Å². The quantitative estimate of drug-likeness (QED) is 0.654. The molecule has 0 spiro atoms. The highest BCUT2D eigenvalue weighted by atomic mass is 32.2. The monoisotopic (exact) mass is 401 g/mol. The molecule has 0 bridgehead atoms. The predicted octanol–water partition coefficient (Wildman–Crippen LogP) is 3.64. The third-order valence-electron chi connectivity index (χ3n) is 3.76. The van der Waals surface area contributed by atoms with Crippen LogP contribution in [0.25, 0.3) is 0 Å². The second-order valence-electron chi connectivity index (χ2n) is 5.61. The van der Waals surface area contributed by atoms with Gasteiger partial charge in [0.05, 0.1) is 35.5 Å². The van der Waals surface area contributed by atoms with Gasteiger partial charge in [-0.3, -0.25) is 4.21 Å². The molecule has 0 amide bonds. The fourth-order valence-electron chi connectivity index (χ4n) is 2.36. The fourth-order valence-corrected chi connectivity index (χ4v) is 3.51. The number of benzene rings is 1. The minimum atomic E-state index is -5.59. The predicted molar refractivity (Wildman–Crippen MR) is 84.7 cm³/mol. The number of halogens is 6. The maximum absolute atomic E-state index is 14.3. The lowest BCUT2D eigenvalue weighted by Gasteiger charge is -2.37. The fraction of sp³-hybridized carbons (Fsp3) is 0.500. The Balaban J connectivity index is 2.35. The lowest BCUT2D eigenvalue weighted by Crippen LogP contribution is -2.53. The van der Waals surface area contributed by atoms with Crippen LogP contribution in [0.5, 0.6) is 0 Å². The molecular weight excluding hydrogens is 384 g/mol. The van der Waals surface area contributed by atoms with E-state index in [0.29, 0.717) is 11.0 Å². The number of hydrogen-bond acceptors (Lipinski definition) is 3. The summed E-state index contributed by atoms with van der Waals surface area (Å²) in [4.78, 5) is 0.822. The van der Waals surface area contributed by atoms with E-state index < -0.39 is 34.8 Å². The molecule has 0 aromatic heterocycles. The first-order chi connectivity index (χ1) is 12.2. The molecule has 0 saturated carbocycles. The van der Waals surface area contributed by atoms with Gasteiger partial charge in [0, 0.05) is 18.5 Å². The van der Waals surface area contributed by atoms with Crippen molar-refractivity contribution in [1.82, 2.24) is 4.90 Å². The summed E-state index contributed by atoms with van der Waals surface area (Å²) in [6.07, 6.45) is -4.57. The number of allylic oxidation sites excluding steroid dienone is 1. The van der Waals surface area contributed by atoms with Crippen LogP contribution in [0.4, 0.5) is 26.3 Å². The van der Waals surface area contributed by atoms with Gasteiger partial charge in [0.1, 0.15) is 0 Å². The molecule has 1 heterocycles. The van der Waals surface area contributed by atoms with Gasteiger partial charge in [0.25, 0.3) is 0 Å². The topological polar surface area (TPSA) is 29.5 Å². The summed E-state index contributed by atoms with van der Waals surface area (Å²) in [7, 11) is -2.10. The molecule has 26 heavy (non-hydrogen) atoms. The maximum Gasteiger partial charge on any atom is 0.375 e. The number of morpholine rings is 1. The van der Waals surface area contributed by atoms with Gasteiger partial charge < -0.3 is 9.64 Å². The molecular formula is C16H17F6NO2S. The highest BCUT2D eigenvalue weighted by Crippen LogP contribution is 2.45. The van der Waals surface area contributed by atoms with E-state index in [1.165, 1.54) is 0 Å². The molecule has 1 aromatic rings. The van der Waals surface area contributed by atoms with Crippen molar-refractivity contribution in [1.29, 1.82) is 0 Å². The third-order valence-corrected chi connectivity index (χ3v) is 4.86. The summed E-state index contributed by atoms with van der Waals surface area (Å²) in [5, 5.41) is 0.453. The molecule has 146 valence electrons. The Hall–Kier alpha value is -1.55. The normalized spacial score (nSPS) is 18.3. The average molecular weight is 401 g/mol. The van der Waals surface area contributed by atoms with Gasteiger partial charge in [0.2, 0.25) is 0 Å². The summed E-state index contributed by atoms with van der Waals surface area (Å²) in [5.41, 5.74) is -0.826. The molecule has 0 N–H and O–H groups in total. The van der Waals surface area contributed by atoms with Gasteiger partial charge >= 0.3 is 18.3 Å². The van der Waals surface area contributed by atoms with Crippen molar-refractivity contribution in [2.75, 3.05) is 26.3 Å². The van der Waals surface area contributed by atoms with Crippen LogP contribution in [0.1, 0.15) is 5.56 Å². The van der Waals surface area contributed by atoms with Crippen LogP contribution < -0.4 is 0 Å². The molecule has 0 aliphatic carbocycles. The van der Waals surface area contributed by atoms with Crippen molar-refractivity contribution in [3.63, 3.8) is 0 Å². The smallest absolute Gasteiger partial charge is 0.375 e. The minimum Gasteiger partial charge on any atom is -0.378 e. The van der Waals surface area contributed by atoms with E-state index >= 15 is 0 Å². The molecule has 1 unspecified atom stereocenters. The molecule has 1 atom stereocenters. The van der Waals surface area contributed by atoms with Crippen molar-refractivity contribution in [2.45, 2.75) is 24.0 Å². The van der Waals surface area contributed by atoms with Crippen molar-refractivity contribution in [3.8, 4) is 0 Å². The first-order valence-corrected chi connectivity index (χ1v) is 9.04. The van der Waals surface area contributed by atoms with Crippen LogP contribution in [0.15, 0.2) is 41.4 Å². The van der Waals surface area contributed by atoms with E-state index in [9.17, 15) is 30.6 Å². The Bertz CT molecular complexity index is 647. The van der Waals surface area contributed by atoms with Crippen LogP contribution in [-0.2, 0) is 21.3 Å². The van der Waals surface area contributed by atoms with Gasteiger partial charge in [-0.1, -0.05) is 30.3 Å². The minimum absolute atomic E-state index is 0.0288. The zero-order valence-electron chi connectivity index (χ0n) is 13.5. The number of hydrogen-bond donors (Lipinski definition) is 0. The molecule has 1 aliphatic heterocycles. The summed E-state index contributed by atoms with van der Waals surface area (Å²) < 4.78 is 97.9. The summed E-state index contributed by atoms with van der Waals surface area (Å²) in [6, 6.07) is 8.15. The van der Waals surface area contributed by atoms with Gasteiger partial charge in [0.15, 0.2) is 0 Å². The lowest BCUT2D eigenvalue weighted by atomic mass is 10.1. The third kappa shape index (κ3) is 4.59. The van der Waals surface area contributed by atoms with E-state index in [-0.39, 0.29) is 32.1 Å².